The highest BCUT2D eigenvalue weighted by Gasteiger charge is 2.19. The number of pyridine rings is 1. The number of carboxylic acid groups (broad SMARTS) is 1. The molecule has 0 bridgehead atoms. The van der Waals surface area contributed by atoms with Gasteiger partial charge in [-0.25, -0.2) is 31.4 Å². The van der Waals surface area contributed by atoms with Crippen LogP contribution in [0.25, 0.3) is 0 Å². The molecule has 0 aliphatic carbocycles. The van der Waals surface area contributed by atoms with E-state index in [9.17, 15) is 26.4 Å². The van der Waals surface area contributed by atoms with E-state index in [2.05, 4.69) is 4.98 Å². The number of benzene rings is 1. The highest BCUT2D eigenvalue weighted by molar-refractivity contribution is 7.90. The molecule has 1 heterocycles. The SMILES string of the molecule is CS(=O)(=O)c1cc(F)c(Cc2nc(C(=O)O)ccc2F)c(F)c1. The largest absolute Gasteiger partial charge is 0.477 e. The fourth-order valence-corrected chi connectivity index (χ4v) is 2.49. The summed E-state index contributed by atoms with van der Waals surface area (Å²) in [6, 6.07) is 2.98. The lowest BCUT2D eigenvalue weighted by Gasteiger charge is -2.08. The third-order valence-corrected chi connectivity index (χ3v) is 4.12. The summed E-state index contributed by atoms with van der Waals surface area (Å²) in [5.41, 5.74) is -1.55. The standard InChI is InChI=1S/C14H10F3NO4S/c1-23(21,22)7-4-10(16)8(11(17)5-7)6-13-9(15)2-3-12(18-13)14(19)20/h2-5H,6H2,1H3,(H,19,20). The van der Waals surface area contributed by atoms with Crippen LogP contribution in [0.5, 0.6) is 0 Å². The molecule has 1 aromatic carbocycles. The molecule has 0 fully saturated rings. The molecule has 0 aliphatic heterocycles. The van der Waals surface area contributed by atoms with Crippen LogP contribution in [0, 0.1) is 17.5 Å². The molecule has 0 atom stereocenters. The first kappa shape index (κ1) is 16.9. The van der Waals surface area contributed by atoms with Crippen LogP contribution < -0.4 is 0 Å². The van der Waals surface area contributed by atoms with E-state index >= 15 is 0 Å². The number of sulfone groups is 1. The van der Waals surface area contributed by atoms with Gasteiger partial charge in [0, 0.05) is 18.2 Å². The van der Waals surface area contributed by atoms with Crippen molar-refractivity contribution in [2.24, 2.45) is 0 Å². The molecule has 9 heteroatoms. The Morgan fingerprint density at radius 2 is 1.70 bits per heavy atom. The van der Waals surface area contributed by atoms with E-state index in [1.54, 1.807) is 0 Å². The molecule has 1 N–H and O–H groups in total. The van der Waals surface area contributed by atoms with Crippen molar-refractivity contribution < 1.29 is 31.5 Å². The fourth-order valence-electron chi connectivity index (χ4n) is 1.86. The summed E-state index contributed by atoms with van der Waals surface area (Å²) in [5.74, 6) is -4.72. The first-order chi connectivity index (χ1) is 10.6. The van der Waals surface area contributed by atoms with E-state index in [4.69, 9.17) is 5.11 Å². The van der Waals surface area contributed by atoms with Crippen molar-refractivity contribution in [2.45, 2.75) is 11.3 Å². The van der Waals surface area contributed by atoms with Crippen LogP contribution in [0.2, 0.25) is 0 Å². The van der Waals surface area contributed by atoms with E-state index in [0.29, 0.717) is 12.1 Å². The zero-order chi connectivity index (χ0) is 17.4. The summed E-state index contributed by atoms with van der Waals surface area (Å²) in [5, 5.41) is 8.80. The highest BCUT2D eigenvalue weighted by Crippen LogP contribution is 2.22. The summed E-state index contributed by atoms with van der Waals surface area (Å²) < 4.78 is 64.2. The second kappa shape index (κ2) is 5.99. The predicted molar refractivity (Wildman–Crippen MR) is 73.4 cm³/mol. The highest BCUT2D eigenvalue weighted by atomic mass is 32.2. The van der Waals surface area contributed by atoms with Gasteiger partial charge in [0.25, 0.3) is 0 Å². The Kier molecular flexibility index (Phi) is 4.42. The molecular formula is C14H10F3NO4S. The van der Waals surface area contributed by atoms with Gasteiger partial charge in [-0.05, 0) is 24.3 Å². The predicted octanol–water partition coefficient (Wildman–Crippen LogP) is 2.19. The van der Waals surface area contributed by atoms with E-state index in [1.807, 2.05) is 0 Å². The van der Waals surface area contributed by atoms with Gasteiger partial charge in [0.05, 0.1) is 10.6 Å². The van der Waals surface area contributed by atoms with E-state index < -0.39 is 61.5 Å². The Balaban J connectivity index is 2.49. The van der Waals surface area contributed by atoms with Crippen molar-refractivity contribution in [2.75, 3.05) is 6.26 Å². The van der Waals surface area contributed by atoms with Crippen LogP contribution in [-0.2, 0) is 16.3 Å². The Bertz CT molecular complexity index is 874. The normalized spacial score (nSPS) is 11.5. The number of aromatic nitrogens is 1. The topological polar surface area (TPSA) is 84.3 Å². The van der Waals surface area contributed by atoms with Crippen molar-refractivity contribution in [3.8, 4) is 0 Å². The minimum atomic E-state index is -3.81. The molecule has 2 rings (SSSR count). The fraction of sp³-hybridized carbons (Fsp3) is 0.143. The van der Waals surface area contributed by atoms with Gasteiger partial charge >= 0.3 is 5.97 Å². The maximum absolute atomic E-state index is 13.9. The first-order valence-corrected chi connectivity index (χ1v) is 8.05. The molecule has 2 aromatic rings. The van der Waals surface area contributed by atoms with E-state index in [-0.39, 0.29) is 0 Å². The quantitative estimate of drug-likeness (QED) is 0.918. The number of rotatable bonds is 4. The third-order valence-electron chi connectivity index (χ3n) is 3.02. The van der Waals surface area contributed by atoms with Gasteiger partial charge < -0.3 is 5.11 Å². The Labute approximate surface area is 129 Å². The number of carbonyl (C=O) groups is 1. The maximum atomic E-state index is 13.9. The maximum Gasteiger partial charge on any atom is 0.354 e. The minimum absolute atomic E-state index is 0.463. The zero-order valence-electron chi connectivity index (χ0n) is 11.7. The third kappa shape index (κ3) is 3.67. The molecule has 0 radical (unpaired) electrons. The average molecular weight is 345 g/mol. The molecule has 122 valence electrons. The molecule has 5 nitrogen and oxygen atoms in total. The number of halogens is 3. The van der Waals surface area contributed by atoms with Gasteiger partial charge in [-0.3, -0.25) is 0 Å². The van der Waals surface area contributed by atoms with Gasteiger partial charge in [-0.2, -0.15) is 0 Å². The van der Waals surface area contributed by atoms with Crippen LogP contribution in [0.3, 0.4) is 0 Å². The van der Waals surface area contributed by atoms with Crippen molar-refractivity contribution in [1.82, 2.24) is 4.98 Å². The van der Waals surface area contributed by atoms with Crippen molar-refractivity contribution in [3.05, 3.63) is 58.7 Å². The number of nitrogens with zero attached hydrogens (tertiary/aromatic N) is 1. The molecule has 0 saturated carbocycles. The molecule has 23 heavy (non-hydrogen) atoms. The van der Waals surface area contributed by atoms with Crippen LogP contribution >= 0.6 is 0 Å². The Hall–Kier alpha value is -2.42. The van der Waals surface area contributed by atoms with Gasteiger partial charge in [0.2, 0.25) is 0 Å². The van der Waals surface area contributed by atoms with Gasteiger partial charge in [0.15, 0.2) is 9.84 Å². The zero-order valence-corrected chi connectivity index (χ0v) is 12.5. The molecular weight excluding hydrogens is 335 g/mol. The molecule has 0 unspecified atom stereocenters. The summed E-state index contributed by atoms with van der Waals surface area (Å²) >= 11 is 0. The van der Waals surface area contributed by atoms with E-state index in [1.165, 1.54) is 0 Å². The lowest BCUT2D eigenvalue weighted by molar-refractivity contribution is 0.0690. The van der Waals surface area contributed by atoms with Crippen molar-refractivity contribution in [3.63, 3.8) is 0 Å². The number of carboxylic acids is 1. The number of aromatic carboxylic acids is 1. The van der Waals surface area contributed by atoms with Crippen LogP contribution in [0.15, 0.2) is 29.2 Å². The molecule has 0 amide bonds. The summed E-state index contributed by atoms with van der Waals surface area (Å²) in [6.07, 6.45) is 0.132. The van der Waals surface area contributed by atoms with Crippen LogP contribution in [-0.4, -0.2) is 30.7 Å². The number of hydrogen-bond donors (Lipinski definition) is 1. The second-order valence-corrected chi connectivity index (χ2v) is 6.76. The van der Waals surface area contributed by atoms with Gasteiger partial charge in [-0.15, -0.1) is 0 Å². The number of hydrogen-bond acceptors (Lipinski definition) is 4. The lowest BCUT2D eigenvalue weighted by Crippen LogP contribution is -2.08. The summed E-state index contributed by atoms with van der Waals surface area (Å²) in [4.78, 5) is 13.7. The molecule has 0 saturated heterocycles. The smallest absolute Gasteiger partial charge is 0.354 e. The minimum Gasteiger partial charge on any atom is -0.477 e. The van der Waals surface area contributed by atoms with Crippen LogP contribution in [0.4, 0.5) is 13.2 Å². The second-order valence-electron chi connectivity index (χ2n) is 4.74. The van der Waals surface area contributed by atoms with Crippen molar-refractivity contribution in [1.29, 1.82) is 0 Å². The molecule has 0 aliphatic rings. The van der Waals surface area contributed by atoms with Gasteiger partial charge in [-0.1, -0.05) is 0 Å². The first-order valence-electron chi connectivity index (χ1n) is 6.16. The molecule has 0 spiro atoms. The van der Waals surface area contributed by atoms with Crippen LogP contribution in [0.1, 0.15) is 21.7 Å². The monoisotopic (exact) mass is 345 g/mol. The lowest BCUT2D eigenvalue weighted by atomic mass is 10.1. The summed E-state index contributed by atoms with van der Waals surface area (Å²) in [7, 11) is -3.81. The Morgan fingerprint density at radius 3 is 2.17 bits per heavy atom. The van der Waals surface area contributed by atoms with E-state index in [0.717, 1.165) is 18.4 Å². The van der Waals surface area contributed by atoms with Crippen molar-refractivity contribution >= 4 is 15.8 Å². The Morgan fingerprint density at radius 1 is 1.13 bits per heavy atom. The average Bonchev–Trinajstić information content (AvgIpc) is 2.43. The summed E-state index contributed by atoms with van der Waals surface area (Å²) in [6.45, 7) is 0. The van der Waals surface area contributed by atoms with Gasteiger partial charge in [0.1, 0.15) is 23.1 Å². The molecule has 1 aromatic heterocycles.